The summed E-state index contributed by atoms with van der Waals surface area (Å²) in [5.74, 6) is -0.528. The Morgan fingerprint density at radius 2 is 1.95 bits per heavy atom. The number of carbonyl (C=O) groups is 1. The molecule has 0 radical (unpaired) electrons. The number of nitrogen functional groups attached to an aromatic ring is 1. The second-order valence-corrected chi connectivity index (χ2v) is 5.44. The van der Waals surface area contributed by atoms with Crippen molar-refractivity contribution in [2.24, 2.45) is 0 Å². The van der Waals surface area contributed by atoms with Crippen LogP contribution in [0.3, 0.4) is 0 Å². The number of anilines is 3. The van der Waals surface area contributed by atoms with Crippen LogP contribution in [0, 0.1) is 12.7 Å². The maximum Gasteiger partial charge on any atom is 0.251 e. The predicted octanol–water partition coefficient (Wildman–Crippen LogP) is 3.58. The number of aryl methyl sites for hydroxylation is 1. The van der Waals surface area contributed by atoms with Crippen molar-refractivity contribution in [3.63, 3.8) is 0 Å². The van der Waals surface area contributed by atoms with Crippen LogP contribution in [0.2, 0.25) is 0 Å². The van der Waals surface area contributed by atoms with Gasteiger partial charge in [-0.2, -0.15) is 0 Å². The van der Waals surface area contributed by atoms with Gasteiger partial charge in [-0.1, -0.05) is 0 Å². The maximum absolute atomic E-state index is 13.4. The average Bonchev–Trinajstić information content (AvgIpc) is 2.46. The highest BCUT2D eigenvalue weighted by Gasteiger charge is 2.10. The topological polar surface area (TPSA) is 67.2 Å². The number of nitrogens with one attached hydrogen (secondary N) is 2. The number of nitrogens with two attached hydrogens (primary N) is 1. The van der Waals surface area contributed by atoms with E-state index in [0.29, 0.717) is 27.1 Å². The molecule has 0 heterocycles. The molecule has 0 saturated carbocycles. The number of benzene rings is 2. The fourth-order valence-electron chi connectivity index (χ4n) is 1.88. The van der Waals surface area contributed by atoms with Crippen molar-refractivity contribution in [3.05, 3.63) is 51.7 Å². The Bertz CT molecular complexity index is 704. The smallest absolute Gasteiger partial charge is 0.251 e. The first kappa shape index (κ1) is 15.3. The first-order chi connectivity index (χ1) is 9.92. The normalized spacial score (nSPS) is 10.3. The molecule has 4 N–H and O–H groups in total. The van der Waals surface area contributed by atoms with Crippen molar-refractivity contribution < 1.29 is 9.18 Å². The van der Waals surface area contributed by atoms with Gasteiger partial charge in [-0.05, 0) is 58.7 Å². The van der Waals surface area contributed by atoms with Crippen LogP contribution in [0.1, 0.15) is 15.9 Å². The second-order valence-electron chi connectivity index (χ2n) is 4.59. The number of rotatable bonds is 3. The van der Waals surface area contributed by atoms with E-state index in [9.17, 15) is 9.18 Å². The Labute approximate surface area is 130 Å². The van der Waals surface area contributed by atoms with Crippen LogP contribution in [0.15, 0.2) is 34.8 Å². The molecule has 0 unspecified atom stereocenters. The van der Waals surface area contributed by atoms with Crippen LogP contribution in [0.4, 0.5) is 21.5 Å². The minimum atomic E-state index is -0.329. The Kier molecular flexibility index (Phi) is 4.47. The third kappa shape index (κ3) is 3.33. The molecule has 1 amide bonds. The molecule has 4 nitrogen and oxygen atoms in total. The highest BCUT2D eigenvalue weighted by Crippen LogP contribution is 2.30. The van der Waals surface area contributed by atoms with E-state index in [4.69, 9.17) is 5.73 Å². The predicted molar refractivity (Wildman–Crippen MR) is 86.4 cm³/mol. The van der Waals surface area contributed by atoms with Crippen molar-refractivity contribution in [1.82, 2.24) is 5.32 Å². The molecule has 0 aliphatic heterocycles. The van der Waals surface area contributed by atoms with Crippen molar-refractivity contribution in [3.8, 4) is 0 Å². The van der Waals surface area contributed by atoms with Crippen LogP contribution in [-0.2, 0) is 0 Å². The summed E-state index contributed by atoms with van der Waals surface area (Å²) in [5.41, 5.74) is 8.96. The molecule has 0 bridgehead atoms. The van der Waals surface area contributed by atoms with Gasteiger partial charge in [-0.3, -0.25) is 4.79 Å². The van der Waals surface area contributed by atoms with E-state index in [1.54, 1.807) is 38.2 Å². The van der Waals surface area contributed by atoms with Gasteiger partial charge in [0.05, 0.1) is 15.8 Å². The molecule has 2 rings (SSSR count). The minimum Gasteiger partial charge on any atom is -0.397 e. The molecular weight excluding hydrogens is 337 g/mol. The summed E-state index contributed by atoms with van der Waals surface area (Å²) >= 11 is 3.15. The monoisotopic (exact) mass is 351 g/mol. The molecule has 0 saturated heterocycles. The van der Waals surface area contributed by atoms with Crippen LogP contribution in [0.25, 0.3) is 0 Å². The Hall–Kier alpha value is -2.08. The van der Waals surface area contributed by atoms with Crippen molar-refractivity contribution >= 4 is 38.9 Å². The zero-order valence-electron chi connectivity index (χ0n) is 11.6. The van der Waals surface area contributed by atoms with E-state index >= 15 is 0 Å². The largest absolute Gasteiger partial charge is 0.397 e. The SMILES string of the molecule is CNC(=O)c1ccc(N)c(Nc2cc(Br)c(F)cc2C)c1. The summed E-state index contributed by atoms with van der Waals surface area (Å²) < 4.78 is 13.8. The van der Waals surface area contributed by atoms with Gasteiger partial charge in [0.25, 0.3) is 5.91 Å². The number of hydrogen-bond acceptors (Lipinski definition) is 3. The standard InChI is InChI=1S/C15H15BrFN3O/c1-8-5-11(17)10(16)7-13(8)20-14-6-9(15(21)19-2)3-4-12(14)18/h3-7,20H,18H2,1-2H3,(H,19,21). The zero-order chi connectivity index (χ0) is 15.6. The van der Waals surface area contributed by atoms with Crippen LogP contribution < -0.4 is 16.4 Å². The van der Waals surface area contributed by atoms with Gasteiger partial charge in [-0.25, -0.2) is 4.39 Å². The fraction of sp³-hybridized carbons (Fsp3) is 0.133. The summed E-state index contributed by atoms with van der Waals surface area (Å²) in [6.07, 6.45) is 0. The lowest BCUT2D eigenvalue weighted by molar-refractivity contribution is 0.0963. The number of carbonyl (C=O) groups excluding carboxylic acids is 1. The van der Waals surface area contributed by atoms with E-state index < -0.39 is 0 Å². The quantitative estimate of drug-likeness (QED) is 0.740. The van der Waals surface area contributed by atoms with Crippen LogP contribution in [0.5, 0.6) is 0 Å². The van der Waals surface area contributed by atoms with E-state index in [2.05, 4.69) is 26.6 Å². The van der Waals surface area contributed by atoms with Crippen LogP contribution >= 0.6 is 15.9 Å². The van der Waals surface area contributed by atoms with Gasteiger partial charge in [0.2, 0.25) is 0 Å². The summed E-state index contributed by atoms with van der Waals surface area (Å²) in [5, 5.41) is 5.68. The fourth-order valence-corrected chi connectivity index (χ4v) is 2.22. The molecule has 0 atom stereocenters. The Balaban J connectivity index is 2.39. The summed E-state index contributed by atoms with van der Waals surface area (Å²) in [4.78, 5) is 11.7. The third-order valence-electron chi connectivity index (χ3n) is 3.08. The van der Waals surface area contributed by atoms with E-state index in [1.807, 2.05) is 0 Å². The van der Waals surface area contributed by atoms with E-state index in [1.165, 1.54) is 6.07 Å². The molecule has 0 aliphatic carbocycles. The molecule has 21 heavy (non-hydrogen) atoms. The lowest BCUT2D eigenvalue weighted by atomic mass is 10.1. The van der Waals surface area contributed by atoms with Crippen molar-refractivity contribution in [1.29, 1.82) is 0 Å². The molecule has 0 spiro atoms. The number of halogens is 2. The third-order valence-corrected chi connectivity index (χ3v) is 3.69. The van der Waals surface area contributed by atoms with E-state index in [-0.39, 0.29) is 11.7 Å². The van der Waals surface area contributed by atoms with Gasteiger partial charge in [0, 0.05) is 18.3 Å². The van der Waals surface area contributed by atoms with Gasteiger partial charge in [-0.15, -0.1) is 0 Å². The first-order valence-electron chi connectivity index (χ1n) is 6.26. The number of amides is 1. The van der Waals surface area contributed by atoms with Gasteiger partial charge in [0.1, 0.15) is 5.82 Å². The van der Waals surface area contributed by atoms with Gasteiger partial charge < -0.3 is 16.4 Å². The van der Waals surface area contributed by atoms with E-state index in [0.717, 1.165) is 5.56 Å². The van der Waals surface area contributed by atoms with Crippen molar-refractivity contribution in [2.45, 2.75) is 6.92 Å². The maximum atomic E-state index is 13.4. The molecular formula is C15H15BrFN3O. The van der Waals surface area contributed by atoms with Gasteiger partial charge in [0.15, 0.2) is 0 Å². The molecule has 2 aromatic carbocycles. The number of hydrogen-bond donors (Lipinski definition) is 3. The lowest BCUT2D eigenvalue weighted by Gasteiger charge is -2.14. The molecule has 0 aliphatic rings. The molecule has 2 aromatic rings. The molecule has 0 aromatic heterocycles. The van der Waals surface area contributed by atoms with Crippen molar-refractivity contribution in [2.75, 3.05) is 18.1 Å². The Morgan fingerprint density at radius 3 is 2.62 bits per heavy atom. The summed E-state index contributed by atoms with van der Waals surface area (Å²) in [6.45, 7) is 1.79. The lowest BCUT2D eigenvalue weighted by Crippen LogP contribution is -2.18. The molecule has 0 fully saturated rings. The summed E-state index contributed by atoms with van der Waals surface area (Å²) in [7, 11) is 1.56. The average molecular weight is 352 g/mol. The minimum absolute atomic E-state index is 0.199. The Morgan fingerprint density at radius 1 is 1.24 bits per heavy atom. The van der Waals surface area contributed by atoms with Crippen LogP contribution in [-0.4, -0.2) is 13.0 Å². The molecule has 6 heteroatoms. The highest BCUT2D eigenvalue weighted by atomic mass is 79.9. The highest BCUT2D eigenvalue weighted by molar-refractivity contribution is 9.10. The first-order valence-corrected chi connectivity index (χ1v) is 7.06. The zero-order valence-corrected chi connectivity index (χ0v) is 13.2. The van der Waals surface area contributed by atoms with Gasteiger partial charge >= 0.3 is 0 Å². The second kappa shape index (κ2) is 6.13. The summed E-state index contributed by atoms with van der Waals surface area (Å²) in [6, 6.07) is 8.01. The molecule has 110 valence electrons.